The van der Waals surface area contributed by atoms with Gasteiger partial charge in [0, 0.05) is 74.9 Å². The molecule has 0 saturated heterocycles. The van der Waals surface area contributed by atoms with Gasteiger partial charge in [-0.1, -0.05) is 133 Å². The number of thiophene rings is 1. The van der Waals surface area contributed by atoms with Crippen molar-refractivity contribution >= 4 is 97.2 Å². The van der Waals surface area contributed by atoms with E-state index in [1.165, 1.54) is 53.1 Å². The predicted molar refractivity (Wildman–Crippen MR) is 291 cm³/mol. The van der Waals surface area contributed by atoms with Crippen molar-refractivity contribution in [1.82, 2.24) is 14.5 Å². The first-order valence-electron chi connectivity index (χ1n) is 23.5. The number of hydrogen-bond acceptors (Lipinski definition) is 5. The molecule has 5 nitrogen and oxygen atoms in total. The smallest absolute Gasteiger partial charge is 0.161 e. The van der Waals surface area contributed by atoms with Gasteiger partial charge in [0.25, 0.3) is 0 Å². The van der Waals surface area contributed by atoms with E-state index in [0.717, 1.165) is 88.8 Å². The Balaban J connectivity index is 0.870. The van der Waals surface area contributed by atoms with Crippen LogP contribution in [0.15, 0.2) is 233 Å². The fraction of sp³-hybridized carbons (Fsp3) is 0. The zero-order valence-electron chi connectivity index (χ0n) is 37.4. The number of fused-ring (bicyclic) bond motifs is 12. The van der Waals surface area contributed by atoms with E-state index in [4.69, 9.17) is 18.8 Å². The van der Waals surface area contributed by atoms with E-state index in [0.29, 0.717) is 5.82 Å². The highest BCUT2D eigenvalue weighted by atomic mass is 32.1. The van der Waals surface area contributed by atoms with Crippen LogP contribution in [0.25, 0.3) is 148 Å². The van der Waals surface area contributed by atoms with Crippen LogP contribution in [-0.2, 0) is 0 Å². The Hall–Kier alpha value is -9.10. The molecule has 0 radical (unpaired) electrons. The topological polar surface area (TPSA) is 57.0 Å². The van der Waals surface area contributed by atoms with Crippen molar-refractivity contribution in [3.63, 3.8) is 0 Å². The first-order chi connectivity index (χ1) is 34.7. The van der Waals surface area contributed by atoms with Crippen molar-refractivity contribution in [3.05, 3.63) is 224 Å². The highest BCUT2D eigenvalue weighted by Gasteiger charge is 2.20. The summed E-state index contributed by atoms with van der Waals surface area (Å²) in [6.45, 7) is 0. The van der Waals surface area contributed by atoms with Crippen LogP contribution in [0.2, 0.25) is 0 Å². The summed E-state index contributed by atoms with van der Waals surface area (Å²) in [5, 5.41) is 9.19. The van der Waals surface area contributed by atoms with E-state index in [1.54, 1.807) is 0 Å². The zero-order valence-corrected chi connectivity index (χ0v) is 38.2. The van der Waals surface area contributed by atoms with E-state index >= 15 is 0 Å². The molecule has 6 heteroatoms. The molecule has 0 fully saturated rings. The van der Waals surface area contributed by atoms with Gasteiger partial charge in [0.2, 0.25) is 0 Å². The standard InChI is InChI=1S/C64H37N3O2S/c1-3-13-38(14-4-1)52-37-53(42-25-29-47-46-18-8-10-22-56(46)69-59(47)36-42)66-64(65-52)48-20-11-23-58-62(48)50-33-39(27-31-57(50)68-58)40-28-32-60-51(34-40)63-44(19-12-24-61(63)70-60)41-26-30-55-49(35-41)45-17-7-9-21-54(45)67(55)43-15-5-2-6-16-43/h1-37H. The van der Waals surface area contributed by atoms with Gasteiger partial charge >= 0.3 is 0 Å². The molecular weight excluding hydrogens is 875 g/mol. The molecule has 0 aliphatic rings. The third kappa shape index (κ3) is 6.03. The second kappa shape index (κ2) is 15.2. The van der Waals surface area contributed by atoms with E-state index < -0.39 is 0 Å². The van der Waals surface area contributed by atoms with Gasteiger partial charge in [0.05, 0.1) is 22.4 Å². The molecule has 0 atom stereocenters. The number of hydrogen-bond donors (Lipinski definition) is 0. The van der Waals surface area contributed by atoms with E-state index in [2.05, 4.69) is 180 Å². The molecule has 0 N–H and O–H groups in total. The highest BCUT2D eigenvalue weighted by Crippen LogP contribution is 2.45. The number of benzene rings is 10. The lowest BCUT2D eigenvalue weighted by atomic mass is 9.96. The monoisotopic (exact) mass is 911 g/mol. The molecule has 0 amide bonds. The molecule has 0 aliphatic carbocycles. The molecule has 0 aliphatic heterocycles. The summed E-state index contributed by atoms with van der Waals surface area (Å²) in [6.07, 6.45) is 0. The second-order valence-corrected chi connectivity index (χ2v) is 19.1. The predicted octanol–water partition coefficient (Wildman–Crippen LogP) is 18.1. The summed E-state index contributed by atoms with van der Waals surface area (Å²) in [5.74, 6) is 0.626. The lowest BCUT2D eigenvalue weighted by Gasteiger charge is -2.10. The fourth-order valence-electron chi connectivity index (χ4n) is 10.8. The quantitative estimate of drug-likeness (QED) is 0.167. The van der Waals surface area contributed by atoms with Gasteiger partial charge in [-0.05, 0) is 113 Å². The highest BCUT2D eigenvalue weighted by molar-refractivity contribution is 7.26. The zero-order chi connectivity index (χ0) is 45.9. The maximum Gasteiger partial charge on any atom is 0.161 e. The average molecular weight is 912 g/mol. The third-order valence-electron chi connectivity index (χ3n) is 14.0. The van der Waals surface area contributed by atoms with Crippen LogP contribution >= 0.6 is 11.3 Å². The van der Waals surface area contributed by atoms with Gasteiger partial charge in [0.1, 0.15) is 22.3 Å². The van der Waals surface area contributed by atoms with Crippen molar-refractivity contribution in [3.8, 4) is 61.8 Å². The Bertz CT molecular complexity index is 4600. The molecular formula is C64H37N3O2S. The van der Waals surface area contributed by atoms with Crippen LogP contribution in [-0.4, -0.2) is 14.5 Å². The molecule has 0 saturated carbocycles. The third-order valence-corrected chi connectivity index (χ3v) is 15.2. The summed E-state index contributed by atoms with van der Waals surface area (Å²) in [6, 6.07) is 79.7. The SMILES string of the molecule is c1ccc(-c2cc(-c3ccc4c(c3)oc3ccccc34)nc(-c3cccc4oc5ccc(-c6ccc7sc8cccc(-c9ccc%10c(c9)c9ccccc9n%10-c9ccccc9)c8c7c6)cc5c34)n2)cc1. The number of rotatable bonds is 6. The van der Waals surface area contributed by atoms with E-state index in [1.807, 2.05) is 59.9 Å². The minimum atomic E-state index is 0.626. The van der Waals surface area contributed by atoms with Crippen LogP contribution in [0.3, 0.4) is 0 Å². The second-order valence-electron chi connectivity index (χ2n) is 18.0. The Kier molecular flexibility index (Phi) is 8.46. The van der Waals surface area contributed by atoms with Crippen LogP contribution in [0.1, 0.15) is 0 Å². The Morgan fingerprint density at radius 1 is 0.329 bits per heavy atom. The van der Waals surface area contributed by atoms with Gasteiger partial charge in [-0.15, -0.1) is 11.3 Å². The summed E-state index contributed by atoms with van der Waals surface area (Å²) in [7, 11) is 0. The molecule has 0 bridgehead atoms. The molecule has 10 aromatic carbocycles. The van der Waals surface area contributed by atoms with Gasteiger partial charge < -0.3 is 13.4 Å². The van der Waals surface area contributed by atoms with Crippen molar-refractivity contribution in [1.29, 1.82) is 0 Å². The van der Waals surface area contributed by atoms with E-state index in [-0.39, 0.29) is 0 Å². The van der Waals surface area contributed by atoms with Crippen molar-refractivity contribution < 1.29 is 8.83 Å². The minimum Gasteiger partial charge on any atom is -0.456 e. The summed E-state index contributed by atoms with van der Waals surface area (Å²) < 4.78 is 17.9. The van der Waals surface area contributed by atoms with Gasteiger partial charge in [-0.3, -0.25) is 0 Å². The maximum atomic E-state index is 6.61. The molecule has 0 spiro atoms. The average Bonchev–Trinajstić information content (AvgIpc) is 4.19. The first-order valence-corrected chi connectivity index (χ1v) is 24.4. The van der Waals surface area contributed by atoms with Gasteiger partial charge in [0.15, 0.2) is 5.82 Å². The van der Waals surface area contributed by atoms with Crippen LogP contribution in [0.5, 0.6) is 0 Å². The largest absolute Gasteiger partial charge is 0.456 e. The Morgan fingerprint density at radius 3 is 1.84 bits per heavy atom. The minimum absolute atomic E-state index is 0.626. The van der Waals surface area contributed by atoms with Crippen LogP contribution in [0.4, 0.5) is 0 Å². The van der Waals surface area contributed by atoms with Gasteiger partial charge in [-0.2, -0.15) is 0 Å². The lowest BCUT2D eigenvalue weighted by Crippen LogP contribution is -1.96. The molecule has 15 aromatic rings. The normalized spacial score (nSPS) is 12.0. The first kappa shape index (κ1) is 38.9. The molecule has 70 heavy (non-hydrogen) atoms. The number of para-hydroxylation sites is 3. The Morgan fingerprint density at radius 2 is 0.957 bits per heavy atom. The van der Waals surface area contributed by atoms with Crippen molar-refractivity contribution in [2.45, 2.75) is 0 Å². The summed E-state index contributed by atoms with van der Waals surface area (Å²) >= 11 is 1.85. The number of nitrogens with zero attached hydrogens (tertiary/aromatic N) is 3. The maximum absolute atomic E-state index is 6.61. The van der Waals surface area contributed by atoms with E-state index in [9.17, 15) is 0 Å². The number of aromatic nitrogens is 3. The molecule has 5 heterocycles. The lowest BCUT2D eigenvalue weighted by molar-refractivity contribution is 0.668. The van der Waals surface area contributed by atoms with Crippen molar-refractivity contribution in [2.24, 2.45) is 0 Å². The fourth-order valence-corrected chi connectivity index (χ4v) is 11.9. The molecule has 15 rings (SSSR count). The van der Waals surface area contributed by atoms with Crippen LogP contribution in [0, 0.1) is 0 Å². The van der Waals surface area contributed by atoms with Crippen molar-refractivity contribution in [2.75, 3.05) is 0 Å². The van der Waals surface area contributed by atoms with Crippen LogP contribution < -0.4 is 0 Å². The molecule has 0 unspecified atom stereocenters. The molecule has 5 aromatic heterocycles. The summed E-state index contributed by atoms with van der Waals surface area (Å²) in [4.78, 5) is 10.6. The molecule has 326 valence electrons. The summed E-state index contributed by atoms with van der Waals surface area (Å²) in [5.41, 5.74) is 16.1. The Labute approximate surface area is 404 Å². The number of furan rings is 2. The van der Waals surface area contributed by atoms with Gasteiger partial charge in [-0.25, -0.2) is 9.97 Å².